The van der Waals surface area contributed by atoms with Crippen LogP contribution in [0.25, 0.3) is 6.08 Å². The van der Waals surface area contributed by atoms with Gasteiger partial charge in [0.2, 0.25) is 0 Å². The zero-order valence-corrected chi connectivity index (χ0v) is 19.9. The number of thioether (sulfide) groups is 1. The van der Waals surface area contributed by atoms with Gasteiger partial charge < -0.3 is 9.47 Å². The van der Waals surface area contributed by atoms with Crippen molar-refractivity contribution in [1.29, 1.82) is 0 Å². The van der Waals surface area contributed by atoms with E-state index in [0.717, 1.165) is 21.1 Å². The van der Waals surface area contributed by atoms with Crippen molar-refractivity contribution in [3.05, 3.63) is 68.8 Å². The molecule has 0 aromatic heterocycles. The fraction of sp³-hybridized carbons (Fsp3) is 0.261. The van der Waals surface area contributed by atoms with Gasteiger partial charge in [0.05, 0.1) is 11.0 Å². The van der Waals surface area contributed by atoms with Crippen LogP contribution in [0.3, 0.4) is 0 Å². The van der Waals surface area contributed by atoms with Crippen LogP contribution in [0, 0.1) is 5.82 Å². The highest BCUT2D eigenvalue weighted by Crippen LogP contribution is 2.35. The Morgan fingerprint density at radius 1 is 1.25 bits per heavy atom. The van der Waals surface area contributed by atoms with Crippen LogP contribution in [0.15, 0.2) is 51.8 Å². The van der Waals surface area contributed by atoms with Gasteiger partial charge in [-0.2, -0.15) is 0 Å². The van der Waals surface area contributed by atoms with Crippen LogP contribution in [0.2, 0.25) is 0 Å². The Balaban J connectivity index is 1.78. The second kappa shape index (κ2) is 10.8. The Hall–Kier alpha value is -2.65. The summed E-state index contributed by atoms with van der Waals surface area (Å²) in [5.74, 6) is -1.18. The average molecular weight is 522 g/mol. The van der Waals surface area contributed by atoms with Crippen molar-refractivity contribution < 1.29 is 28.2 Å². The van der Waals surface area contributed by atoms with Crippen LogP contribution in [-0.4, -0.2) is 34.7 Å². The molecule has 1 fully saturated rings. The Kier molecular flexibility index (Phi) is 8.09. The van der Waals surface area contributed by atoms with Gasteiger partial charge in [-0.15, -0.1) is 0 Å². The molecule has 9 heteroatoms. The van der Waals surface area contributed by atoms with Crippen LogP contribution in [0.4, 0.5) is 9.18 Å². The van der Waals surface area contributed by atoms with E-state index in [1.165, 1.54) is 12.1 Å². The van der Waals surface area contributed by atoms with E-state index in [-0.39, 0.29) is 23.4 Å². The summed E-state index contributed by atoms with van der Waals surface area (Å²) in [6.07, 6.45) is 1.85. The molecule has 1 aliphatic heterocycles. The van der Waals surface area contributed by atoms with Crippen LogP contribution in [0.1, 0.15) is 31.4 Å². The quantitative estimate of drug-likeness (QED) is 0.335. The zero-order valence-electron chi connectivity index (χ0n) is 17.5. The number of hydrogen-bond acceptors (Lipinski definition) is 6. The van der Waals surface area contributed by atoms with Gasteiger partial charge in [-0.3, -0.25) is 19.3 Å². The number of rotatable bonds is 8. The number of ether oxygens (including phenoxy) is 2. The molecular formula is C23H21BrFNO5S. The Morgan fingerprint density at radius 2 is 2.00 bits per heavy atom. The van der Waals surface area contributed by atoms with Crippen LogP contribution in [0.5, 0.6) is 5.75 Å². The maximum Gasteiger partial charge on any atom is 0.326 e. The molecule has 2 aromatic rings. The van der Waals surface area contributed by atoms with Crippen molar-refractivity contribution in [2.75, 3.05) is 6.54 Å². The summed E-state index contributed by atoms with van der Waals surface area (Å²) >= 11 is 4.11. The summed E-state index contributed by atoms with van der Waals surface area (Å²) in [7, 11) is 0. The standard InChI is InChI=1S/C23H21BrFNO5S/c1-3-14(2)31-21(27)12-26-22(28)20(32-23(26)29)11-16-10-17(24)8-9-19(16)30-13-15-6-4-5-7-18(15)25/h4-11,14H,3,12-13H2,1-2H3/b20-11-/t14-/m1/s1. The molecule has 0 unspecified atom stereocenters. The molecule has 168 valence electrons. The molecule has 1 saturated heterocycles. The van der Waals surface area contributed by atoms with Crippen molar-refractivity contribution >= 4 is 50.9 Å². The van der Waals surface area contributed by atoms with E-state index >= 15 is 0 Å². The highest BCUT2D eigenvalue weighted by atomic mass is 79.9. The van der Waals surface area contributed by atoms with Crippen molar-refractivity contribution in [3.63, 3.8) is 0 Å². The number of nitrogens with zero attached hydrogens (tertiary/aromatic N) is 1. The van der Waals surface area contributed by atoms with Gasteiger partial charge >= 0.3 is 5.97 Å². The number of esters is 1. The van der Waals surface area contributed by atoms with Crippen molar-refractivity contribution in [1.82, 2.24) is 4.90 Å². The molecule has 0 aliphatic carbocycles. The van der Waals surface area contributed by atoms with Crippen molar-refractivity contribution in [3.8, 4) is 5.75 Å². The Bertz CT molecular complexity index is 1070. The van der Waals surface area contributed by atoms with Crippen molar-refractivity contribution in [2.45, 2.75) is 33.0 Å². The third kappa shape index (κ3) is 5.98. The summed E-state index contributed by atoms with van der Waals surface area (Å²) in [6, 6.07) is 11.4. The second-order valence-corrected chi connectivity index (χ2v) is 8.95. The fourth-order valence-corrected chi connectivity index (χ4v) is 3.99. The first-order chi connectivity index (χ1) is 15.3. The lowest BCUT2D eigenvalue weighted by molar-refractivity contribution is -0.150. The molecule has 0 N–H and O–H groups in total. The number of carbonyl (C=O) groups excluding carboxylic acids is 3. The average Bonchev–Trinajstić information content (AvgIpc) is 3.01. The molecule has 1 heterocycles. The van der Waals surface area contributed by atoms with Gasteiger partial charge in [0.15, 0.2) is 0 Å². The van der Waals surface area contributed by atoms with E-state index in [2.05, 4.69) is 15.9 Å². The third-order valence-electron chi connectivity index (χ3n) is 4.67. The molecule has 0 saturated carbocycles. The molecule has 1 aliphatic rings. The summed E-state index contributed by atoms with van der Waals surface area (Å²) in [5.41, 5.74) is 0.921. The largest absolute Gasteiger partial charge is 0.488 e. The van der Waals surface area contributed by atoms with E-state index in [9.17, 15) is 18.8 Å². The fourth-order valence-electron chi connectivity index (χ4n) is 2.79. The number of hydrogen-bond donors (Lipinski definition) is 0. The maximum atomic E-state index is 13.9. The summed E-state index contributed by atoms with van der Waals surface area (Å²) in [4.78, 5) is 38.1. The van der Waals surface area contributed by atoms with E-state index < -0.39 is 23.7 Å². The molecule has 6 nitrogen and oxygen atoms in total. The van der Waals surface area contributed by atoms with Crippen LogP contribution < -0.4 is 4.74 Å². The van der Waals surface area contributed by atoms with Crippen LogP contribution >= 0.6 is 27.7 Å². The molecule has 1 atom stereocenters. The minimum absolute atomic E-state index is 0.00191. The number of amides is 2. The zero-order chi connectivity index (χ0) is 23.3. The monoisotopic (exact) mass is 521 g/mol. The topological polar surface area (TPSA) is 72.9 Å². The number of imide groups is 1. The normalized spacial score (nSPS) is 15.9. The van der Waals surface area contributed by atoms with E-state index in [4.69, 9.17) is 9.47 Å². The first-order valence-electron chi connectivity index (χ1n) is 9.89. The number of carbonyl (C=O) groups is 3. The molecule has 0 spiro atoms. The second-order valence-electron chi connectivity index (χ2n) is 7.04. The highest BCUT2D eigenvalue weighted by molar-refractivity contribution is 9.10. The molecule has 32 heavy (non-hydrogen) atoms. The Labute approximate surface area is 197 Å². The number of benzene rings is 2. The van der Waals surface area contributed by atoms with Gasteiger partial charge in [0.1, 0.15) is 24.7 Å². The smallest absolute Gasteiger partial charge is 0.326 e. The Morgan fingerprint density at radius 3 is 2.72 bits per heavy atom. The lowest BCUT2D eigenvalue weighted by Gasteiger charge is -2.15. The van der Waals surface area contributed by atoms with E-state index in [0.29, 0.717) is 23.3 Å². The third-order valence-corrected chi connectivity index (χ3v) is 6.07. The van der Waals surface area contributed by atoms with Gasteiger partial charge in [-0.25, -0.2) is 4.39 Å². The lowest BCUT2D eigenvalue weighted by atomic mass is 10.1. The van der Waals surface area contributed by atoms with E-state index in [1.807, 2.05) is 6.92 Å². The SMILES string of the molecule is CC[C@@H](C)OC(=O)CN1C(=O)S/C(=C\c2cc(Br)ccc2OCc2ccccc2F)C1=O. The first kappa shape index (κ1) is 24.0. The van der Waals surface area contributed by atoms with Crippen molar-refractivity contribution in [2.24, 2.45) is 0 Å². The molecular weight excluding hydrogens is 501 g/mol. The van der Waals surface area contributed by atoms with Gasteiger partial charge in [-0.1, -0.05) is 41.1 Å². The predicted octanol–water partition coefficient (Wildman–Crippen LogP) is 5.55. The molecule has 2 amide bonds. The van der Waals surface area contributed by atoms with E-state index in [1.54, 1.807) is 43.3 Å². The molecule has 3 rings (SSSR count). The summed E-state index contributed by atoms with van der Waals surface area (Å²) in [6.45, 7) is 3.16. The maximum absolute atomic E-state index is 13.9. The van der Waals surface area contributed by atoms with Gasteiger partial charge in [-0.05, 0) is 55.4 Å². The lowest BCUT2D eigenvalue weighted by Crippen LogP contribution is -2.35. The summed E-state index contributed by atoms with van der Waals surface area (Å²) in [5, 5.41) is -0.550. The summed E-state index contributed by atoms with van der Waals surface area (Å²) < 4.78 is 25.6. The minimum atomic E-state index is -0.640. The molecule has 0 bridgehead atoms. The highest BCUT2D eigenvalue weighted by Gasteiger charge is 2.37. The van der Waals surface area contributed by atoms with Gasteiger partial charge in [0.25, 0.3) is 11.1 Å². The predicted molar refractivity (Wildman–Crippen MR) is 123 cm³/mol. The molecule has 2 aromatic carbocycles. The minimum Gasteiger partial charge on any atom is -0.488 e. The molecule has 0 radical (unpaired) electrons. The number of halogens is 2. The van der Waals surface area contributed by atoms with Gasteiger partial charge in [0, 0.05) is 15.6 Å². The first-order valence-corrected chi connectivity index (χ1v) is 11.5. The van der Waals surface area contributed by atoms with Crippen LogP contribution in [-0.2, 0) is 20.9 Å².